The molecule has 0 radical (unpaired) electrons. The van der Waals surface area contributed by atoms with Crippen LogP contribution in [0.5, 0.6) is 0 Å². The van der Waals surface area contributed by atoms with Crippen LogP contribution in [-0.4, -0.2) is 39.8 Å². The van der Waals surface area contributed by atoms with Crippen molar-refractivity contribution in [1.82, 2.24) is 9.80 Å². The third-order valence-corrected chi connectivity index (χ3v) is 4.48. The van der Waals surface area contributed by atoms with Crippen LogP contribution in [0.1, 0.15) is 19.4 Å². The van der Waals surface area contributed by atoms with E-state index in [4.69, 9.17) is 35.4 Å². The average Bonchev–Trinajstić information content (AvgIpc) is 2.48. The predicted molar refractivity (Wildman–Crippen MR) is 91.8 cm³/mol. The van der Waals surface area contributed by atoms with Crippen molar-refractivity contribution in [3.63, 3.8) is 0 Å². The third kappa shape index (κ3) is 3.02. The number of halogens is 2. The summed E-state index contributed by atoms with van der Waals surface area (Å²) in [6, 6.07) is 4.92. The first-order valence-electron chi connectivity index (χ1n) is 6.75. The Bertz CT molecular complexity index is 660. The Kier molecular flexibility index (Phi) is 5.21. The fourth-order valence-electron chi connectivity index (χ4n) is 2.15. The molecule has 1 fully saturated rings. The molecule has 0 aliphatic carbocycles. The molecule has 116 valence electrons. The van der Waals surface area contributed by atoms with E-state index >= 15 is 0 Å². The van der Waals surface area contributed by atoms with E-state index in [9.17, 15) is 9.59 Å². The van der Waals surface area contributed by atoms with Gasteiger partial charge in [-0.25, -0.2) is 0 Å². The van der Waals surface area contributed by atoms with Gasteiger partial charge in [-0.3, -0.25) is 19.4 Å². The van der Waals surface area contributed by atoms with Gasteiger partial charge in [-0.05, 0) is 49.8 Å². The van der Waals surface area contributed by atoms with Crippen LogP contribution >= 0.6 is 35.4 Å². The van der Waals surface area contributed by atoms with Gasteiger partial charge in [0.1, 0.15) is 5.57 Å². The zero-order chi connectivity index (χ0) is 16.4. The second-order valence-corrected chi connectivity index (χ2v) is 5.79. The zero-order valence-corrected chi connectivity index (χ0v) is 14.4. The van der Waals surface area contributed by atoms with Crippen LogP contribution in [0.15, 0.2) is 23.8 Å². The molecule has 4 nitrogen and oxygen atoms in total. The second-order valence-electron chi connectivity index (χ2n) is 4.61. The number of likely N-dealkylation sites (N-methyl/N-ethyl adjacent to an activating group) is 2. The van der Waals surface area contributed by atoms with Crippen LogP contribution in [0, 0.1) is 0 Å². The molecule has 1 aliphatic rings. The minimum atomic E-state index is -0.395. The summed E-state index contributed by atoms with van der Waals surface area (Å²) >= 11 is 17.0. The zero-order valence-electron chi connectivity index (χ0n) is 12.1. The van der Waals surface area contributed by atoms with Crippen molar-refractivity contribution >= 4 is 58.4 Å². The molecule has 1 saturated heterocycles. The minimum absolute atomic E-state index is 0.0655. The van der Waals surface area contributed by atoms with Crippen molar-refractivity contribution in [1.29, 1.82) is 0 Å². The van der Waals surface area contributed by atoms with E-state index in [2.05, 4.69) is 0 Å². The topological polar surface area (TPSA) is 40.6 Å². The first kappa shape index (κ1) is 16.9. The maximum Gasteiger partial charge on any atom is 0.265 e. The fourth-order valence-corrected chi connectivity index (χ4v) is 2.88. The lowest BCUT2D eigenvalue weighted by atomic mass is 10.1. The fraction of sp³-hybridized carbons (Fsp3) is 0.267. The predicted octanol–water partition coefficient (Wildman–Crippen LogP) is 3.37. The van der Waals surface area contributed by atoms with Gasteiger partial charge >= 0.3 is 0 Å². The molecule has 2 rings (SSSR count). The van der Waals surface area contributed by atoms with Crippen LogP contribution in [0.25, 0.3) is 6.08 Å². The summed E-state index contributed by atoms with van der Waals surface area (Å²) in [5.41, 5.74) is 0.696. The Labute approximate surface area is 144 Å². The number of hydrogen-bond acceptors (Lipinski definition) is 3. The van der Waals surface area contributed by atoms with Crippen molar-refractivity contribution in [3.05, 3.63) is 39.4 Å². The standard InChI is InChI=1S/C15H14Cl2N2O2S/c1-3-18-13(20)10(14(21)19(4-2)15(18)22)7-9-5-6-11(16)12(17)8-9/h5-8H,3-4H2,1-2H3. The highest BCUT2D eigenvalue weighted by molar-refractivity contribution is 7.80. The van der Waals surface area contributed by atoms with Crippen molar-refractivity contribution in [2.45, 2.75) is 13.8 Å². The number of carbonyl (C=O) groups is 2. The highest BCUT2D eigenvalue weighted by Gasteiger charge is 2.37. The maximum absolute atomic E-state index is 12.5. The van der Waals surface area contributed by atoms with Gasteiger partial charge in [-0.2, -0.15) is 0 Å². The van der Waals surface area contributed by atoms with Crippen molar-refractivity contribution in [3.8, 4) is 0 Å². The van der Waals surface area contributed by atoms with Crippen molar-refractivity contribution in [2.24, 2.45) is 0 Å². The van der Waals surface area contributed by atoms with Crippen LogP contribution in [0.3, 0.4) is 0 Å². The summed E-state index contributed by atoms with van der Waals surface area (Å²) in [6.45, 7) is 4.43. The molecule has 0 aromatic heterocycles. The van der Waals surface area contributed by atoms with Gasteiger partial charge in [0, 0.05) is 13.1 Å². The first-order chi connectivity index (χ1) is 10.4. The third-order valence-electron chi connectivity index (χ3n) is 3.30. The number of hydrogen-bond donors (Lipinski definition) is 0. The number of thiocarbonyl (C=S) groups is 1. The SMILES string of the molecule is CCN1C(=O)C(=Cc2ccc(Cl)c(Cl)c2)C(=O)N(CC)C1=S. The Morgan fingerprint density at radius 3 is 2.05 bits per heavy atom. The molecule has 0 spiro atoms. The lowest BCUT2D eigenvalue weighted by Gasteiger charge is -2.35. The molecule has 22 heavy (non-hydrogen) atoms. The average molecular weight is 357 g/mol. The van der Waals surface area contributed by atoms with Gasteiger partial charge < -0.3 is 0 Å². The molecule has 0 bridgehead atoms. The molecule has 1 aromatic rings. The smallest absolute Gasteiger partial charge is 0.265 e. The van der Waals surface area contributed by atoms with Crippen LogP contribution in [-0.2, 0) is 9.59 Å². The Balaban J connectivity index is 2.48. The van der Waals surface area contributed by atoms with Gasteiger partial charge in [0.15, 0.2) is 5.11 Å². The minimum Gasteiger partial charge on any atom is -0.285 e. The molecule has 1 aromatic carbocycles. The summed E-state index contributed by atoms with van der Waals surface area (Å²) in [7, 11) is 0. The van der Waals surface area contributed by atoms with Crippen LogP contribution < -0.4 is 0 Å². The monoisotopic (exact) mass is 356 g/mol. The number of nitrogens with zero attached hydrogens (tertiary/aromatic N) is 2. The van der Waals surface area contributed by atoms with Crippen LogP contribution in [0.4, 0.5) is 0 Å². The second kappa shape index (κ2) is 6.77. The van der Waals surface area contributed by atoms with E-state index in [-0.39, 0.29) is 10.7 Å². The quantitative estimate of drug-likeness (QED) is 0.473. The van der Waals surface area contributed by atoms with E-state index < -0.39 is 11.8 Å². The molecule has 1 heterocycles. The lowest BCUT2D eigenvalue weighted by Crippen LogP contribution is -2.55. The highest BCUT2D eigenvalue weighted by Crippen LogP contribution is 2.25. The number of benzene rings is 1. The molecular formula is C15H14Cl2N2O2S. The van der Waals surface area contributed by atoms with E-state index in [1.165, 1.54) is 15.9 Å². The normalized spacial score (nSPS) is 15.6. The Morgan fingerprint density at radius 2 is 1.59 bits per heavy atom. The first-order valence-corrected chi connectivity index (χ1v) is 7.91. The summed E-state index contributed by atoms with van der Waals surface area (Å²) in [4.78, 5) is 27.7. The van der Waals surface area contributed by atoms with Gasteiger partial charge in [0.2, 0.25) is 0 Å². The van der Waals surface area contributed by atoms with Crippen molar-refractivity contribution < 1.29 is 9.59 Å². The van der Waals surface area contributed by atoms with Gasteiger partial charge in [0.25, 0.3) is 11.8 Å². The van der Waals surface area contributed by atoms with Gasteiger partial charge in [-0.1, -0.05) is 29.3 Å². The van der Waals surface area contributed by atoms with E-state index in [1.807, 2.05) is 13.8 Å². The van der Waals surface area contributed by atoms with Gasteiger partial charge in [-0.15, -0.1) is 0 Å². The summed E-state index contributed by atoms with van der Waals surface area (Å²) in [6.07, 6.45) is 1.51. The summed E-state index contributed by atoms with van der Waals surface area (Å²) in [5.74, 6) is -0.790. The summed E-state index contributed by atoms with van der Waals surface area (Å²) in [5, 5.41) is 1.02. The maximum atomic E-state index is 12.5. The molecule has 2 amide bonds. The molecule has 7 heteroatoms. The highest BCUT2D eigenvalue weighted by atomic mass is 35.5. The Morgan fingerprint density at radius 1 is 1.05 bits per heavy atom. The number of amides is 2. The number of carbonyl (C=O) groups excluding carboxylic acids is 2. The number of rotatable bonds is 3. The largest absolute Gasteiger partial charge is 0.285 e. The molecule has 0 unspecified atom stereocenters. The van der Waals surface area contributed by atoms with Gasteiger partial charge in [0.05, 0.1) is 10.0 Å². The van der Waals surface area contributed by atoms with E-state index in [1.54, 1.807) is 18.2 Å². The molecule has 0 N–H and O–H groups in total. The summed E-state index contributed by atoms with van der Waals surface area (Å²) < 4.78 is 0. The van der Waals surface area contributed by atoms with E-state index in [0.29, 0.717) is 28.7 Å². The van der Waals surface area contributed by atoms with E-state index in [0.717, 1.165) is 0 Å². The molecule has 1 aliphatic heterocycles. The molecule has 0 atom stereocenters. The Hall–Kier alpha value is -1.43. The molecule has 0 saturated carbocycles. The lowest BCUT2D eigenvalue weighted by molar-refractivity contribution is -0.133. The molecular weight excluding hydrogens is 343 g/mol. The van der Waals surface area contributed by atoms with Crippen LogP contribution in [0.2, 0.25) is 10.0 Å². The van der Waals surface area contributed by atoms with Crippen molar-refractivity contribution in [2.75, 3.05) is 13.1 Å².